The molecule has 1 atom stereocenters. The second-order valence-electron chi connectivity index (χ2n) is 12.5. The van der Waals surface area contributed by atoms with Gasteiger partial charge in [0.2, 0.25) is 11.8 Å². The van der Waals surface area contributed by atoms with Gasteiger partial charge in [-0.1, -0.05) is 0 Å². The van der Waals surface area contributed by atoms with E-state index in [1.54, 1.807) is 44.4 Å². The molecule has 5 amide bonds. The Hall–Kier alpha value is -5.59. The van der Waals surface area contributed by atoms with E-state index in [2.05, 4.69) is 25.6 Å². The number of carbonyl (C=O) groups excluding carboxylic acids is 5. The van der Waals surface area contributed by atoms with E-state index >= 15 is 0 Å². The van der Waals surface area contributed by atoms with Crippen molar-refractivity contribution in [2.75, 3.05) is 23.3 Å². The molecule has 13 nitrogen and oxygen atoms in total. The van der Waals surface area contributed by atoms with Gasteiger partial charge in [0.05, 0.1) is 34.8 Å². The van der Waals surface area contributed by atoms with Crippen LogP contribution in [0.3, 0.4) is 0 Å². The van der Waals surface area contributed by atoms with Gasteiger partial charge >= 0.3 is 6.18 Å². The molecule has 1 aromatic carbocycles. The summed E-state index contributed by atoms with van der Waals surface area (Å²) in [6, 6.07) is 6.06. The Morgan fingerprint density at radius 3 is 2.50 bits per heavy atom. The fourth-order valence-electron chi connectivity index (χ4n) is 6.01. The standard InChI is InChI=1S/C32H29F3N8O5/c1-31(2,30(48)39-19-9-23(32(33,34)35)24(11-36)37-13-19)42-16-17(12-38-42)3-4-18-14-41(15-18)20-5-6-21-22(10-20)29(47)43(28(21)46)25-7-8-26(44)40-27(25)45/h5-6,9-10,12-13,16,18,25H,3-4,7-8,14-15H2,1-2H3,(H,39,48)(H,40,44,45). The van der Waals surface area contributed by atoms with Gasteiger partial charge in [-0.2, -0.15) is 23.5 Å². The quantitative estimate of drug-likeness (QED) is 0.344. The maximum absolute atomic E-state index is 13.3. The van der Waals surface area contributed by atoms with Crippen LogP contribution in [0.25, 0.3) is 0 Å². The highest BCUT2D eigenvalue weighted by Crippen LogP contribution is 2.35. The molecule has 2 aromatic heterocycles. The molecule has 16 heteroatoms. The summed E-state index contributed by atoms with van der Waals surface area (Å²) < 4.78 is 41.4. The van der Waals surface area contributed by atoms with Crippen molar-refractivity contribution in [3.63, 3.8) is 0 Å². The van der Waals surface area contributed by atoms with Crippen LogP contribution >= 0.6 is 0 Å². The molecule has 3 aromatic rings. The van der Waals surface area contributed by atoms with E-state index < -0.39 is 58.6 Å². The third-order valence-electron chi connectivity index (χ3n) is 8.91. The molecule has 0 radical (unpaired) electrons. The monoisotopic (exact) mass is 662 g/mol. The number of fused-ring (bicyclic) bond motifs is 1. The van der Waals surface area contributed by atoms with Gasteiger partial charge in [0, 0.05) is 31.4 Å². The molecule has 0 spiro atoms. The summed E-state index contributed by atoms with van der Waals surface area (Å²) in [5, 5.41) is 17.9. The average molecular weight is 663 g/mol. The summed E-state index contributed by atoms with van der Waals surface area (Å²) in [5.41, 5.74) is -1.42. The minimum atomic E-state index is -4.81. The number of benzene rings is 1. The van der Waals surface area contributed by atoms with E-state index in [4.69, 9.17) is 5.26 Å². The van der Waals surface area contributed by atoms with E-state index in [-0.39, 0.29) is 29.7 Å². The molecule has 0 aliphatic carbocycles. The molecule has 5 heterocycles. The maximum Gasteiger partial charge on any atom is 0.419 e. The van der Waals surface area contributed by atoms with Crippen LogP contribution in [0, 0.1) is 17.2 Å². The lowest BCUT2D eigenvalue weighted by Gasteiger charge is -2.41. The SMILES string of the molecule is CC(C)(C(=O)Nc1cnc(C#N)c(C(F)(F)F)c1)n1cc(CCC2CN(c3ccc4c(c3)C(=O)N(C3CCC(=O)NC3=O)C4=O)C2)cn1. The molecule has 2 saturated heterocycles. The Morgan fingerprint density at radius 2 is 1.81 bits per heavy atom. The number of hydrogen-bond donors (Lipinski definition) is 2. The van der Waals surface area contributed by atoms with E-state index in [0.29, 0.717) is 31.5 Å². The van der Waals surface area contributed by atoms with Crippen LogP contribution in [0.2, 0.25) is 0 Å². The van der Waals surface area contributed by atoms with Crippen LogP contribution < -0.4 is 15.5 Å². The number of anilines is 2. The number of alkyl halides is 3. The first-order valence-corrected chi connectivity index (χ1v) is 15.1. The number of aromatic nitrogens is 3. The number of hydrogen-bond acceptors (Lipinski definition) is 9. The Bertz CT molecular complexity index is 1910. The maximum atomic E-state index is 13.3. The van der Waals surface area contributed by atoms with Crippen molar-refractivity contribution < 1.29 is 37.1 Å². The number of carbonyl (C=O) groups is 5. The topological polar surface area (TPSA) is 170 Å². The van der Waals surface area contributed by atoms with E-state index in [0.717, 1.165) is 28.8 Å². The highest BCUT2D eigenvalue weighted by Gasteiger charge is 2.45. The van der Waals surface area contributed by atoms with Crippen molar-refractivity contribution in [2.24, 2.45) is 5.92 Å². The Labute approximate surface area is 271 Å². The predicted octanol–water partition coefficient (Wildman–Crippen LogP) is 3.01. The zero-order valence-electron chi connectivity index (χ0n) is 25.8. The van der Waals surface area contributed by atoms with Crippen LogP contribution in [0.1, 0.15) is 70.6 Å². The summed E-state index contributed by atoms with van der Waals surface area (Å²) >= 11 is 0. The number of amides is 5. The summed E-state index contributed by atoms with van der Waals surface area (Å²) in [5.74, 6) is -2.51. The summed E-state index contributed by atoms with van der Waals surface area (Å²) in [6.07, 6.45) is 1.12. The smallest absolute Gasteiger partial charge is 0.371 e. The van der Waals surface area contributed by atoms with Crippen molar-refractivity contribution in [3.8, 4) is 6.07 Å². The van der Waals surface area contributed by atoms with Crippen LogP contribution in [0.4, 0.5) is 24.5 Å². The molecule has 2 N–H and O–H groups in total. The molecule has 3 aliphatic rings. The number of nitriles is 1. The molecule has 0 saturated carbocycles. The van der Waals surface area contributed by atoms with Crippen molar-refractivity contribution in [3.05, 3.63) is 70.8 Å². The Morgan fingerprint density at radius 1 is 1.08 bits per heavy atom. The lowest BCUT2D eigenvalue weighted by molar-refractivity contribution is -0.138. The van der Waals surface area contributed by atoms with Crippen LogP contribution in [0.5, 0.6) is 0 Å². The third-order valence-corrected chi connectivity index (χ3v) is 8.91. The Balaban J connectivity index is 1.03. The summed E-state index contributed by atoms with van der Waals surface area (Å²) in [4.78, 5) is 69.6. The number of nitrogens with zero attached hydrogens (tertiary/aromatic N) is 6. The molecule has 3 aliphatic heterocycles. The zero-order valence-corrected chi connectivity index (χ0v) is 25.8. The number of piperidine rings is 1. The number of nitrogens with one attached hydrogen (secondary N) is 2. The average Bonchev–Trinajstić information content (AvgIpc) is 3.59. The second kappa shape index (κ2) is 11.9. The largest absolute Gasteiger partial charge is 0.419 e. The molecular weight excluding hydrogens is 633 g/mol. The molecule has 0 bridgehead atoms. The molecular formula is C32H29F3N8O5. The highest BCUT2D eigenvalue weighted by molar-refractivity contribution is 6.23. The van der Waals surface area contributed by atoms with Gasteiger partial charge in [-0.25, -0.2) is 4.98 Å². The molecule has 6 rings (SSSR count). The Kier molecular flexibility index (Phi) is 8.02. The van der Waals surface area contributed by atoms with Gasteiger partial charge < -0.3 is 10.2 Å². The molecule has 48 heavy (non-hydrogen) atoms. The van der Waals surface area contributed by atoms with Gasteiger partial charge in [0.15, 0.2) is 5.69 Å². The van der Waals surface area contributed by atoms with Crippen LogP contribution in [-0.2, 0) is 32.5 Å². The van der Waals surface area contributed by atoms with Gasteiger partial charge in [0.25, 0.3) is 17.7 Å². The highest BCUT2D eigenvalue weighted by atomic mass is 19.4. The number of pyridine rings is 1. The number of aryl methyl sites for hydroxylation is 1. The number of imide groups is 2. The first-order valence-electron chi connectivity index (χ1n) is 15.1. The van der Waals surface area contributed by atoms with E-state index in [1.165, 1.54) is 10.8 Å². The lowest BCUT2D eigenvalue weighted by atomic mass is 9.92. The van der Waals surface area contributed by atoms with Gasteiger partial charge in [-0.3, -0.25) is 38.9 Å². The number of rotatable bonds is 8. The fraction of sp³-hybridized carbons (Fsp3) is 0.375. The van der Waals surface area contributed by atoms with Gasteiger partial charge in [0.1, 0.15) is 17.6 Å². The summed E-state index contributed by atoms with van der Waals surface area (Å²) in [6.45, 7) is 4.56. The van der Waals surface area contributed by atoms with Crippen LogP contribution in [-0.4, -0.2) is 68.3 Å². The van der Waals surface area contributed by atoms with E-state index in [9.17, 15) is 37.1 Å². The first-order chi connectivity index (χ1) is 22.7. The van der Waals surface area contributed by atoms with Crippen molar-refractivity contribution in [2.45, 2.75) is 57.3 Å². The predicted molar refractivity (Wildman–Crippen MR) is 161 cm³/mol. The second-order valence-corrected chi connectivity index (χ2v) is 12.5. The van der Waals surface area contributed by atoms with Crippen molar-refractivity contribution >= 4 is 40.9 Å². The fourth-order valence-corrected chi connectivity index (χ4v) is 6.01. The van der Waals surface area contributed by atoms with Crippen LogP contribution in [0.15, 0.2) is 42.9 Å². The minimum absolute atomic E-state index is 0.0466. The van der Waals surface area contributed by atoms with Crippen molar-refractivity contribution in [1.82, 2.24) is 25.0 Å². The van der Waals surface area contributed by atoms with Crippen molar-refractivity contribution in [1.29, 1.82) is 5.26 Å². The zero-order chi connectivity index (χ0) is 34.5. The van der Waals surface area contributed by atoms with Gasteiger partial charge in [-0.05, 0) is 68.9 Å². The number of halogens is 3. The first kappa shape index (κ1) is 32.4. The third kappa shape index (κ3) is 5.87. The van der Waals surface area contributed by atoms with E-state index in [1.807, 2.05) is 0 Å². The molecule has 1 unspecified atom stereocenters. The molecule has 2 fully saturated rings. The normalized spacial score (nSPS) is 18.4. The molecule has 248 valence electrons. The van der Waals surface area contributed by atoms with Gasteiger partial charge in [-0.15, -0.1) is 0 Å². The minimum Gasteiger partial charge on any atom is -0.371 e. The lowest BCUT2D eigenvalue weighted by Crippen LogP contribution is -2.54. The summed E-state index contributed by atoms with van der Waals surface area (Å²) in [7, 11) is 0.